The zero-order chi connectivity index (χ0) is 6.32. The first-order chi connectivity index (χ1) is 4.29. The van der Waals surface area contributed by atoms with Crippen molar-refractivity contribution in [3.63, 3.8) is 0 Å². The largest absolute Gasteiger partial charge is 0.389 e. The summed E-state index contributed by atoms with van der Waals surface area (Å²) in [7, 11) is 0. The Hall–Kier alpha value is -0.0800. The van der Waals surface area contributed by atoms with Gasteiger partial charge in [-0.05, 0) is 31.7 Å². The summed E-state index contributed by atoms with van der Waals surface area (Å²) >= 11 is 0. The number of hydrogen-bond donors (Lipinski definition) is 2. The predicted octanol–water partition coefficient (Wildman–Crippen LogP) is 0.121. The Kier molecular flexibility index (Phi) is 1.08. The first-order valence-electron chi connectivity index (χ1n) is 3.72. The lowest BCUT2D eigenvalue weighted by atomic mass is 9.97. The number of nitrogens with one attached hydrogen (secondary N) is 1. The number of rotatable bonds is 0. The lowest BCUT2D eigenvalue weighted by molar-refractivity contribution is 0.0319. The molecule has 2 nitrogen and oxygen atoms in total. The van der Waals surface area contributed by atoms with Crippen LogP contribution in [0.3, 0.4) is 0 Å². The molecule has 2 heteroatoms. The second-order valence-electron chi connectivity index (χ2n) is 3.46. The van der Waals surface area contributed by atoms with Crippen LogP contribution in [0, 0.1) is 5.92 Å². The van der Waals surface area contributed by atoms with Gasteiger partial charge in [-0.1, -0.05) is 0 Å². The fourth-order valence-electron chi connectivity index (χ4n) is 2.06. The number of aliphatic hydroxyl groups is 1. The Morgan fingerprint density at radius 2 is 2.44 bits per heavy atom. The van der Waals surface area contributed by atoms with Gasteiger partial charge in [0.05, 0.1) is 5.60 Å². The van der Waals surface area contributed by atoms with E-state index in [1.165, 1.54) is 6.42 Å². The Bertz CT molecular complexity index is 122. The van der Waals surface area contributed by atoms with E-state index in [0.717, 1.165) is 31.8 Å². The van der Waals surface area contributed by atoms with Crippen LogP contribution in [0.25, 0.3) is 0 Å². The molecule has 0 amide bonds. The van der Waals surface area contributed by atoms with Crippen molar-refractivity contribution in [1.29, 1.82) is 0 Å². The van der Waals surface area contributed by atoms with Crippen LogP contribution < -0.4 is 5.32 Å². The van der Waals surface area contributed by atoms with Gasteiger partial charge in [0, 0.05) is 6.54 Å². The molecule has 1 saturated heterocycles. The van der Waals surface area contributed by atoms with Gasteiger partial charge < -0.3 is 10.4 Å². The van der Waals surface area contributed by atoms with Crippen molar-refractivity contribution < 1.29 is 5.11 Å². The third-order valence-corrected chi connectivity index (χ3v) is 2.57. The molecular weight excluding hydrogens is 114 g/mol. The first-order valence-corrected chi connectivity index (χ1v) is 3.72. The smallest absolute Gasteiger partial charge is 0.0774 e. The number of β-amino-alcohol motifs (C(OH)–C–C–N with tert-alkyl or cyclic N) is 1. The van der Waals surface area contributed by atoms with E-state index in [-0.39, 0.29) is 5.60 Å². The number of piperidine rings is 1. The molecule has 2 unspecified atom stereocenters. The maximum absolute atomic E-state index is 9.66. The molecule has 1 aliphatic carbocycles. The van der Waals surface area contributed by atoms with E-state index in [1.54, 1.807) is 0 Å². The number of fused-ring (bicyclic) bond motifs is 2. The summed E-state index contributed by atoms with van der Waals surface area (Å²) in [6.07, 6.45) is 3.29. The van der Waals surface area contributed by atoms with E-state index >= 15 is 0 Å². The van der Waals surface area contributed by atoms with Crippen molar-refractivity contribution in [1.82, 2.24) is 5.32 Å². The van der Waals surface area contributed by atoms with Gasteiger partial charge >= 0.3 is 0 Å². The minimum atomic E-state index is -0.317. The van der Waals surface area contributed by atoms with Crippen LogP contribution in [0.1, 0.15) is 19.3 Å². The lowest BCUT2D eigenvalue weighted by Gasteiger charge is -2.27. The summed E-state index contributed by atoms with van der Waals surface area (Å²) in [4.78, 5) is 0. The molecule has 2 bridgehead atoms. The molecule has 0 aromatic rings. The quantitative estimate of drug-likeness (QED) is 0.484. The Morgan fingerprint density at radius 3 is 3.11 bits per heavy atom. The molecule has 52 valence electrons. The first kappa shape index (κ1) is 5.69. The molecule has 0 aromatic carbocycles. The Balaban J connectivity index is 2.13. The highest BCUT2D eigenvalue weighted by atomic mass is 16.3. The topological polar surface area (TPSA) is 32.3 Å². The van der Waals surface area contributed by atoms with Crippen LogP contribution in [-0.4, -0.2) is 23.8 Å². The molecule has 1 heterocycles. The molecule has 0 spiro atoms. The van der Waals surface area contributed by atoms with Crippen LogP contribution in [-0.2, 0) is 0 Å². The van der Waals surface area contributed by atoms with E-state index in [1.807, 2.05) is 0 Å². The van der Waals surface area contributed by atoms with Crippen LogP contribution >= 0.6 is 0 Å². The third kappa shape index (κ3) is 0.864. The third-order valence-electron chi connectivity index (χ3n) is 2.57. The maximum Gasteiger partial charge on any atom is 0.0774 e. The molecule has 1 saturated carbocycles. The minimum absolute atomic E-state index is 0.317. The fourth-order valence-corrected chi connectivity index (χ4v) is 2.06. The highest BCUT2D eigenvalue weighted by Gasteiger charge is 2.39. The van der Waals surface area contributed by atoms with Crippen molar-refractivity contribution >= 4 is 0 Å². The average Bonchev–Trinajstić information content (AvgIpc) is 2.07. The normalized spacial score (nSPS) is 49.7. The lowest BCUT2D eigenvalue weighted by Crippen LogP contribution is -2.43. The van der Waals surface area contributed by atoms with Crippen molar-refractivity contribution in [2.24, 2.45) is 5.92 Å². The molecule has 9 heavy (non-hydrogen) atoms. The zero-order valence-corrected chi connectivity index (χ0v) is 5.56. The summed E-state index contributed by atoms with van der Waals surface area (Å²) < 4.78 is 0. The molecule has 0 radical (unpaired) electrons. The van der Waals surface area contributed by atoms with Gasteiger partial charge in [-0.15, -0.1) is 0 Å². The standard InChI is InChI=1S/C7H13NO/c9-7-2-1-6(3-7)4-8-5-7/h6,8-9H,1-5H2. The molecular formula is C7H13NO. The van der Waals surface area contributed by atoms with E-state index in [9.17, 15) is 5.11 Å². The van der Waals surface area contributed by atoms with E-state index < -0.39 is 0 Å². The molecule has 2 atom stereocenters. The SMILES string of the molecule is OC12CCC(CNC1)C2. The zero-order valence-electron chi connectivity index (χ0n) is 5.56. The van der Waals surface area contributed by atoms with Crippen LogP contribution in [0.15, 0.2) is 0 Å². The van der Waals surface area contributed by atoms with E-state index in [4.69, 9.17) is 0 Å². The molecule has 1 aliphatic heterocycles. The monoisotopic (exact) mass is 127 g/mol. The van der Waals surface area contributed by atoms with Crippen LogP contribution in [0.4, 0.5) is 0 Å². The second-order valence-corrected chi connectivity index (χ2v) is 3.46. The summed E-state index contributed by atoms with van der Waals surface area (Å²) in [5.41, 5.74) is -0.317. The summed E-state index contributed by atoms with van der Waals surface area (Å²) in [6, 6.07) is 0. The van der Waals surface area contributed by atoms with Gasteiger partial charge in [0.15, 0.2) is 0 Å². The van der Waals surface area contributed by atoms with Crippen molar-refractivity contribution in [3.8, 4) is 0 Å². The second kappa shape index (κ2) is 1.70. The number of hydrogen-bond acceptors (Lipinski definition) is 2. The van der Waals surface area contributed by atoms with Crippen LogP contribution in [0.5, 0.6) is 0 Å². The van der Waals surface area contributed by atoms with Gasteiger partial charge in [0.25, 0.3) is 0 Å². The molecule has 0 aromatic heterocycles. The Labute approximate surface area is 55.3 Å². The fraction of sp³-hybridized carbons (Fsp3) is 1.00. The van der Waals surface area contributed by atoms with Gasteiger partial charge in [-0.25, -0.2) is 0 Å². The summed E-state index contributed by atoms with van der Waals surface area (Å²) in [5, 5.41) is 12.9. The highest BCUT2D eigenvalue weighted by Crippen LogP contribution is 2.36. The van der Waals surface area contributed by atoms with Gasteiger partial charge in [0.2, 0.25) is 0 Å². The van der Waals surface area contributed by atoms with Crippen molar-refractivity contribution in [3.05, 3.63) is 0 Å². The average molecular weight is 127 g/mol. The predicted molar refractivity (Wildman–Crippen MR) is 35.2 cm³/mol. The van der Waals surface area contributed by atoms with Crippen LogP contribution in [0.2, 0.25) is 0 Å². The molecule has 2 N–H and O–H groups in total. The molecule has 2 fully saturated rings. The minimum Gasteiger partial charge on any atom is -0.389 e. The molecule has 2 aliphatic rings. The summed E-state index contributed by atoms with van der Waals surface area (Å²) in [5.74, 6) is 0.767. The van der Waals surface area contributed by atoms with E-state index in [0.29, 0.717) is 0 Å². The Morgan fingerprint density at radius 1 is 1.56 bits per heavy atom. The van der Waals surface area contributed by atoms with Gasteiger partial charge in [0.1, 0.15) is 0 Å². The van der Waals surface area contributed by atoms with Gasteiger partial charge in [-0.3, -0.25) is 0 Å². The van der Waals surface area contributed by atoms with E-state index in [2.05, 4.69) is 5.32 Å². The summed E-state index contributed by atoms with van der Waals surface area (Å²) in [6.45, 7) is 1.95. The highest BCUT2D eigenvalue weighted by molar-refractivity contribution is 4.95. The molecule has 2 rings (SSSR count). The van der Waals surface area contributed by atoms with Crippen molar-refractivity contribution in [2.45, 2.75) is 24.9 Å². The van der Waals surface area contributed by atoms with Crippen molar-refractivity contribution in [2.75, 3.05) is 13.1 Å². The van der Waals surface area contributed by atoms with Gasteiger partial charge in [-0.2, -0.15) is 0 Å². The maximum atomic E-state index is 9.66.